The summed E-state index contributed by atoms with van der Waals surface area (Å²) in [6.07, 6.45) is 0. The number of benzene rings is 1. The smallest absolute Gasteiger partial charge is 0.263 e. The summed E-state index contributed by atoms with van der Waals surface area (Å²) in [5.74, 6) is 5.06. The summed E-state index contributed by atoms with van der Waals surface area (Å²) in [4.78, 5) is 25.5. The maximum absolute atomic E-state index is 13.2. The summed E-state index contributed by atoms with van der Waals surface area (Å²) >= 11 is 0. The number of carbonyl (C=O) groups is 2. The van der Waals surface area contributed by atoms with E-state index in [-0.39, 0.29) is 36.5 Å². The van der Waals surface area contributed by atoms with Gasteiger partial charge in [0.1, 0.15) is 18.4 Å². The fraction of sp³-hybridized carbons (Fsp3) is 0.500. The minimum Gasteiger partial charge on any atom is -0.481 e. The van der Waals surface area contributed by atoms with Gasteiger partial charge in [0.25, 0.3) is 5.91 Å². The Labute approximate surface area is 182 Å². The Kier molecular flexibility index (Phi) is 8.41. The van der Waals surface area contributed by atoms with E-state index in [4.69, 9.17) is 9.94 Å². The number of hydrogen-bond acceptors (Lipinski definition) is 7. The molecular weight excluding hydrogens is 424 g/mol. The maximum atomic E-state index is 13.2. The largest absolute Gasteiger partial charge is 0.481 e. The average molecular weight is 453 g/mol. The lowest BCUT2D eigenvalue weighted by Crippen LogP contribution is -2.65. The average Bonchev–Trinajstić information content (AvgIpc) is 2.75. The Morgan fingerprint density at radius 3 is 2.48 bits per heavy atom. The van der Waals surface area contributed by atoms with Crippen LogP contribution in [0.25, 0.3) is 0 Å². The molecule has 2 rings (SSSR count). The minimum atomic E-state index is -4.07. The number of nitrogens with zero attached hydrogens (tertiary/aromatic N) is 2. The summed E-state index contributed by atoms with van der Waals surface area (Å²) < 4.78 is 32.9. The zero-order chi connectivity index (χ0) is 23.2. The van der Waals surface area contributed by atoms with E-state index in [2.05, 4.69) is 17.2 Å². The van der Waals surface area contributed by atoms with Crippen LogP contribution < -0.4 is 15.5 Å². The molecule has 0 aromatic heterocycles. The zero-order valence-electron chi connectivity index (χ0n) is 18.0. The van der Waals surface area contributed by atoms with Gasteiger partial charge in [-0.1, -0.05) is 11.8 Å². The van der Waals surface area contributed by atoms with Crippen molar-refractivity contribution in [1.29, 1.82) is 0 Å². The number of ether oxygens (including phenoxy) is 1. The first-order valence-electron chi connectivity index (χ1n) is 9.75. The van der Waals surface area contributed by atoms with Crippen LogP contribution in [-0.4, -0.2) is 79.5 Å². The van der Waals surface area contributed by atoms with E-state index >= 15 is 0 Å². The third-order valence-corrected chi connectivity index (χ3v) is 6.99. The van der Waals surface area contributed by atoms with Crippen molar-refractivity contribution in [2.24, 2.45) is 0 Å². The molecule has 0 spiro atoms. The highest BCUT2D eigenvalue weighted by atomic mass is 32.2. The summed E-state index contributed by atoms with van der Waals surface area (Å²) in [5, 5.41) is 12.1. The van der Waals surface area contributed by atoms with Gasteiger partial charge in [-0.2, -0.15) is 4.31 Å². The third-order valence-electron chi connectivity index (χ3n) is 5.10. The topological polar surface area (TPSA) is 128 Å². The SMILES string of the molecule is CNC(C)C#CCOc1ccc(S(=O)(=O)N2CCN(C(C)=O)C(C)C2C(=O)NO)cc1. The number of rotatable bonds is 6. The van der Waals surface area contributed by atoms with Gasteiger partial charge in [0.15, 0.2) is 0 Å². The van der Waals surface area contributed by atoms with Crippen molar-refractivity contribution in [1.82, 2.24) is 20.0 Å². The Balaban J connectivity index is 2.21. The van der Waals surface area contributed by atoms with E-state index in [0.717, 1.165) is 4.31 Å². The molecule has 3 atom stereocenters. The monoisotopic (exact) mass is 452 g/mol. The molecule has 10 nitrogen and oxygen atoms in total. The number of piperazine rings is 1. The van der Waals surface area contributed by atoms with Crippen LogP contribution in [0.2, 0.25) is 0 Å². The Hall–Kier alpha value is -2.65. The van der Waals surface area contributed by atoms with Crippen LogP contribution in [0, 0.1) is 11.8 Å². The van der Waals surface area contributed by atoms with Gasteiger partial charge in [0.05, 0.1) is 17.0 Å². The summed E-state index contributed by atoms with van der Waals surface area (Å²) in [6.45, 7) is 5.03. The van der Waals surface area contributed by atoms with Crippen molar-refractivity contribution in [2.75, 3.05) is 26.7 Å². The summed E-state index contributed by atoms with van der Waals surface area (Å²) in [6, 6.07) is 3.78. The van der Waals surface area contributed by atoms with Crippen molar-refractivity contribution in [2.45, 2.75) is 43.8 Å². The molecule has 0 radical (unpaired) electrons. The van der Waals surface area contributed by atoms with E-state index in [1.807, 2.05) is 6.92 Å². The highest BCUT2D eigenvalue weighted by Gasteiger charge is 2.45. The minimum absolute atomic E-state index is 0.0334. The molecule has 1 aliphatic heterocycles. The molecule has 2 amide bonds. The molecule has 1 heterocycles. The standard InChI is InChI=1S/C20H28N4O6S/c1-14(21-4)6-5-13-30-17-7-9-18(10-8-17)31(28,29)24-12-11-23(16(3)25)15(2)19(24)20(26)22-27/h7-10,14-15,19,21,27H,11-13H2,1-4H3,(H,22,26). The fourth-order valence-electron chi connectivity index (χ4n) is 3.32. The van der Waals surface area contributed by atoms with Crippen LogP contribution in [0.5, 0.6) is 5.75 Å². The van der Waals surface area contributed by atoms with Crippen LogP contribution >= 0.6 is 0 Å². The first kappa shape index (κ1) is 24.6. The second-order valence-corrected chi connectivity index (χ2v) is 8.97. The number of carbonyl (C=O) groups excluding carboxylic acids is 2. The van der Waals surface area contributed by atoms with Crippen LogP contribution in [0.15, 0.2) is 29.2 Å². The molecule has 1 aromatic rings. The quantitative estimate of drug-likeness (QED) is 0.310. The summed E-state index contributed by atoms with van der Waals surface area (Å²) in [7, 11) is -2.27. The second kappa shape index (κ2) is 10.6. The molecule has 0 aliphatic carbocycles. The molecule has 3 N–H and O–H groups in total. The third kappa shape index (κ3) is 5.74. The predicted molar refractivity (Wildman–Crippen MR) is 113 cm³/mol. The number of sulfonamides is 1. The van der Waals surface area contributed by atoms with Crippen molar-refractivity contribution in [3.63, 3.8) is 0 Å². The molecule has 31 heavy (non-hydrogen) atoms. The Morgan fingerprint density at radius 1 is 1.29 bits per heavy atom. The van der Waals surface area contributed by atoms with Gasteiger partial charge in [0, 0.05) is 20.0 Å². The fourth-order valence-corrected chi connectivity index (χ4v) is 4.96. The van der Waals surface area contributed by atoms with Gasteiger partial charge in [-0.25, -0.2) is 13.9 Å². The lowest BCUT2D eigenvalue weighted by atomic mass is 10.0. The van der Waals surface area contributed by atoms with E-state index < -0.39 is 28.0 Å². The van der Waals surface area contributed by atoms with Crippen molar-refractivity contribution in [3.8, 4) is 17.6 Å². The highest BCUT2D eigenvalue weighted by molar-refractivity contribution is 7.89. The van der Waals surface area contributed by atoms with Gasteiger partial charge in [-0.15, -0.1) is 0 Å². The normalized spacial score (nSPS) is 20.4. The zero-order valence-corrected chi connectivity index (χ0v) is 18.8. The Bertz CT molecular complexity index is 954. The molecule has 11 heteroatoms. The lowest BCUT2D eigenvalue weighted by molar-refractivity contribution is -0.142. The predicted octanol–water partition coefficient (Wildman–Crippen LogP) is -0.208. The molecule has 1 fully saturated rings. The first-order chi connectivity index (χ1) is 14.6. The van der Waals surface area contributed by atoms with E-state index in [0.29, 0.717) is 5.75 Å². The molecule has 1 aromatic carbocycles. The van der Waals surface area contributed by atoms with Gasteiger partial charge in [-0.3, -0.25) is 14.8 Å². The van der Waals surface area contributed by atoms with Crippen molar-refractivity contribution >= 4 is 21.8 Å². The van der Waals surface area contributed by atoms with Crippen LogP contribution in [0.4, 0.5) is 0 Å². The van der Waals surface area contributed by atoms with Crippen LogP contribution in [0.1, 0.15) is 20.8 Å². The van der Waals surface area contributed by atoms with Gasteiger partial charge in [0.2, 0.25) is 15.9 Å². The maximum Gasteiger partial charge on any atom is 0.263 e. The second-order valence-electron chi connectivity index (χ2n) is 7.08. The van der Waals surface area contributed by atoms with Gasteiger partial charge >= 0.3 is 0 Å². The molecule has 3 unspecified atom stereocenters. The molecule has 0 bridgehead atoms. The molecular formula is C20H28N4O6S. The van der Waals surface area contributed by atoms with Crippen molar-refractivity contribution in [3.05, 3.63) is 24.3 Å². The Morgan fingerprint density at radius 2 is 1.94 bits per heavy atom. The molecule has 1 saturated heterocycles. The number of nitrogens with one attached hydrogen (secondary N) is 2. The lowest BCUT2D eigenvalue weighted by Gasteiger charge is -2.43. The van der Waals surface area contributed by atoms with E-state index in [1.54, 1.807) is 14.0 Å². The first-order valence-corrected chi connectivity index (χ1v) is 11.2. The van der Waals surface area contributed by atoms with Gasteiger partial charge < -0.3 is 15.0 Å². The summed E-state index contributed by atoms with van der Waals surface area (Å²) in [5.41, 5.74) is 1.51. The molecule has 1 aliphatic rings. The van der Waals surface area contributed by atoms with E-state index in [1.165, 1.54) is 41.6 Å². The van der Waals surface area contributed by atoms with Gasteiger partial charge in [-0.05, 0) is 45.2 Å². The number of hydrogen-bond donors (Lipinski definition) is 3. The number of hydroxylamine groups is 1. The van der Waals surface area contributed by atoms with Crippen LogP contribution in [0.3, 0.4) is 0 Å². The van der Waals surface area contributed by atoms with E-state index in [9.17, 15) is 18.0 Å². The van der Waals surface area contributed by atoms with Crippen LogP contribution in [-0.2, 0) is 19.6 Å². The highest BCUT2D eigenvalue weighted by Crippen LogP contribution is 2.26. The molecule has 0 saturated carbocycles. The number of amides is 2. The molecule has 170 valence electrons. The van der Waals surface area contributed by atoms with Crippen molar-refractivity contribution < 1.29 is 28.0 Å².